The Kier molecular flexibility index (Phi) is 5.73. The van der Waals surface area contributed by atoms with Crippen molar-refractivity contribution in [2.45, 2.75) is 44.8 Å². The number of aromatic nitrogens is 3. The van der Waals surface area contributed by atoms with Gasteiger partial charge in [0, 0.05) is 32.6 Å². The third-order valence-corrected chi connectivity index (χ3v) is 5.82. The number of likely N-dealkylation sites (tertiary alicyclic amines) is 1. The van der Waals surface area contributed by atoms with E-state index in [2.05, 4.69) is 27.0 Å². The van der Waals surface area contributed by atoms with E-state index in [0.29, 0.717) is 6.42 Å². The Labute approximate surface area is 166 Å². The van der Waals surface area contributed by atoms with E-state index in [-0.39, 0.29) is 11.5 Å². The maximum Gasteiger partial charge on any atom is 0.226 e. The lowest BCUT2D eigenvalue weighted by molar-refractivity contribution is -0.151. The van der Waals surface area contributed by atoms with Crippen LogP contribution >= 0.6 is 0 Å². The summed E-state index contributed by atoms with van der Waals surface area (Å²) in [6.45, 7) is 6.88. The van der Waals surface area contributed by atoms with Gasteiger partial charge in [-0.05, 0) is 18.4 Å². The van der Waals surface area contributed by atoms with Crippen molar-refractivity contribution >= 4 is 5.91 Å². The second-order valence-corrected chi connectivity index (χ2v) is 7.84. The van der Waals surface area contributed by atoms with Crippen molar-refractivity contribution in [3.8, 4) is 0 Å². The van der Waals surface area contributed by atoms with Gasteiger partial charge in [-0.2, -0.15) is 5.10 Å². The minimum Gasteiger partial charge on any atom is -0.372 e. The zero-order chi connectivity index (χ0) is 19.4. The van der Waals surface area contributed by atoms with Crippen LogP contribution in [0.5, 0.6) is 0 Å². The summed E-state index contributed by atoms with van der Waals surface area (Å²) in [5.74, 6) is 2.00. The summed E-state index contributed by atoms with van der Waals surface area (Å²) >= 11 is 0. The maximum absolute atomic E-state index is 12.6. The van der Waals surface area contributed by atoms with Crippen molar-refractivity contribution in [3.05, 3.63) is 47.5 Å². The molecule has 1 spiro atoms. The van der Waals surface area contributed by atoms with Gasteiger partial charge in [0.2, 0.25) is 5.91 Å². The van der Waals surface area contributed by atoms with Crippen LogP contribution in [-0.4, -0.2) is 69.3 Å². The molecule has 0 bridgehead atoms. The van der Waals surface area contributed by atoms with Crippen LogP contribution in [0.15, 0.2) is 30.3 Å². The average molecular weight is 383 g/mol. The van der Waals surface area contributed by atoms with Gasteiger partial charge in [-0.3, -0.25) is 14.8 Å². The van der Waals surface area contributed by atoms with Gasteiger partial charge in [0.1, 0.15) is 11.6 Å². The minimum absolute atomic E-state index is 0.143. The number of benzene rings is 1. The number of amides is 1. The Morgan fingerprint density at radius 1 is 1.21 bits per heavy atom. The average Bonchev–Trinajstić information content (AvgIpc) is 3.17. The number of nitrogens with zero attached hydrogens (tertiary/aromatic N) is 4. The van der Waals surface area contributed by atoms with Crippen molar-refractivity contribution in [3.63, 3.8) is 0 Å². The van der Waals surface area contributed by atoms with E-state index in [0.717, 1.165) is 75.8 Å². The summed E-state index contributed by atoms with van der Waals surface area (Å²) in [5.41, 5.74) is 0.932. The van der Waals surface area contributed by atoms with Gasteiger partial charge in [0.25, 0.3) is 0 Å². The highest BCUT2D eigenvalue weighted by atomic mass is 16.5. The van der Waals surface area contributed by atoms with Crippen LogP contribution in [0.2, 0.25) is 0 Å². The molecule has 0 aliphatic carbocycles. The number of carbonyl (C=O) groups excluding carboxylic acids is 1. The van der Waals surface area contributed by atoms with Gasteiger partial charge in [0.05, 0.1) is 25.2 Å². The largest absolute Gasteiger partial charge is 0.372 e. The Morgan fingerprint density at radius 3 is 2.71 bits per heavy atom. The fraction of sp³-hybridized carbons (Fsp3) is 0.571. The van der Waals surface area contributed by atoms with E-state index in [1.165, 1.54) is 0 Å². The van der Waals surface area contributed by atoms with Crippen LogP contribution in [0.4, 0.5) is 0 Å². The van der Waals surface area contributed by atoms with Crippen LogP contribution in [0, 0.1) is 0 Å². The highest BCUT2D eigenvalue weighted by Gasteiger charge is 2.40. The molecule has 1 N–H and O–H groups in total. The molecule has 4 rings (SSSR count). The zero-order valence-corrected chi connectivity index (χ0v) is 16.6. The number of aryl methyl sites for hydroxylation is 1. The van der Waals surface area contributed by atoms with Crippen LogP contribution in [0.3, 0.4) is 0 Å². The molecule has 0 unspecified atom stereocenters. The first-order valence-electron chi connectivity index (χ1n) is 10.2. The summed E-state index contributed by atoms with van der Waals surface area (Å²) in [4.78, 5) is 21.5. The number of hydrogen-bond acceptors (Lipinski definition) is 5. The Morgan fingerprint density at radius 2 is 2.00 bits per heavy atom. The summed E-state index contributed by atoms with van der Waals surface area (Å²) in [7, 11) is 0. The number of rotatable bonds is 5. The van der Waals surface area contributed by atoms with E-state index >= 15 is 0 Å². The van der Waals surface area contributed by atoms with Gasteiger partial charge in [0.15, 0.2) is 0 Å². The van der Waals surface area contributed by atoms with E-state index < -0.39 is 0 Å². The molecule has 3 heterocycles. The molecule has 1 amide bonds. The molecule has 1 aromatic heterocycles. The molecule has 0 saturated carbocycles. The second-order valence-electron chi connectivity index (χ2n) is 7.84. The molecule has 2 saturated heterocycles. The van der Waals surface area contributed by atoms with Gasteiger partial charge in [-0.1, -0.05) is 37.3 Å². The highest BCUT2D eigenvalue weighted by molar-refractivity contribution is 5.78. The molecule has 2 aliphatic rings. The van der Waals surface area contributed by atoms with Crippen LogP contribution in [0.25, 0.3) is 0 Å². The topological polar surface area (TPSA) is 74.4 Å². The molecular weight excluding hydrogens is 354 g/mol. The van der Waals surface area contributed by atoms with Crippen LogP contribution in [0.1, 0.15) is 37.0 Å². The third kappa shape index (κ3) is 4.42. The lowest BCUT2D eigenvalue weighted by Crippen LogP contribution is -2.57. The summed E-state index contributed by atoms with van der Waals surface area (Å²) < 4.78 is 6.22. The Bertz CT molecular complexity index is 783. The van der Waals surface area contributed by atoms with E-state index in [1.54, 1.807) is 0 Å². The normalized spacial score (nSPS) is 19.8. The number of morpholine rings is 1. The summed E-state index contributed by atoms with van der Waals surface area (Å²) in [6.07, 6.45) is 3.10. The molecule has 2 fully saturated rings. The van der Waals surface area contributed by atoms with Crippen molar-refractivity contribution in [2.24, 2.45) is 0 Å². The Balaban J connectivity index is 1.30. The zero-order valence-electron chi connectivity index (χ0n) is 16.6. The number of carbonyl (C=O) groups is 1. The van der Waals surface area contributed by atoms with Gasteiger partial charge >= 0.3 is 0 Å². The standard InChI is InChI=1S/C21H29N5O2/c1-2-18-22-19(24-23-18)15-25-12-13-28-21(16-25)8-10-26(11-9-21)20(27)14-17-6-4-3-5-7-17/h3-7H,2,8-16H2,1H3,(H,22,23,24). The van der Waals surface area contributed by atoms with Crippen LogP contribution in [-0.2, 0) is 28.9 Å². The number of nitrogens with one attached hydrogen (secondary N) is 1. The van der Waals surface area contributed by atoms with Crippen molar-refractivity contribution in [2.75, 3.05) is 32.8 Å². The fourth-order valence-corrected chi connectivity index (χ4v) is 4.18. The molecule has 7 heteroatoms. The predicted molar refractivity (Wildman–Crippen MR) is 106 cm³/mol. The molecule has 2 aromatic rings. The number of H-pyrrole nitrogens is 1. The molecule has 1 aromatic carbocycles. The number of piperidine rings is 1. The van der Waals surface area contributed by atoms with Gasteiger partial charge in [-0.15, -0.1) is 0 Å². The maximum atomic E-state index is 12.6. The predicted octanol–water partition coefficient (Wildman–Crippen LogP) is 1.80. The first-order valence-corrected chi connectivity index (χ1v) is 10.2. The SMILES string of the molecule is CCc1n[nH]c(CN2CCOC3(CCN(C(=O)Cc4ccccc4)CC3)C2)n1. The smallest absolute Gasteiger partial charge is 0.226 e. The molecule has 150 valence electrons. The van der Waals surface area contributed by atoms with Crippen molar-refractivity contribution < 1.29 is 9.53 Å². The lowest BCUT2D eigenvalue weighted by atomic mass is 9.89. The van der Waals surface area contributed by atoms with E-state index in [1.807, 2.05) is 35.2 Å². The number of aromatic amines is 1. The summed E-state index contributed by atoms with van der Waals surface area (Å²) in [5, 5.41) is 7.27. The van der Waals surface area contributed by atoms with E-state index in [4.69, 9.17) is 4.74 Å². The second kappa shape index (κ2) is 8.41. The minimum atomic E-state index is -0.143. The van der Waals surface area contributed by atoms with E-state index in [9.17, 15) is 4.79 Å². The van der Waals surface area contributed by atoms with Gasteiger partial charge < -0.3 is 9.64 Å². The van der Waals surface area contributed by atoms with Gasteiger partial charge in [-0.25, -0.2) is 4.98 Å². The quantitative estimate of drug-likeness (QED) is 0.852. The molecule has 0 atom stereocenters. The highest BCUT2D eigenvalue weighted by Crippen LogP contribution is 2.30. The molecule has 28 heavy (non-hydrogen) atoms. The Hall–Kier alpha value is -2.25. The molecule has 2 aliphatic heterocycles. The number of hydrogen-bond donors (Lipinski definition) is 1. The molecule has 0 radical (unpaired) electrons. The fourth-order valence-electron chi connectivity index (χ4n) is 4.18. The first kappa shape index (κ1) is 19.1. The monoisotopic (exact) mass is 383 g/mol. The number of ether oxygens (including phenoxy) is 1. The van der Waals surface area contributed by atoms with Crippen molar-refractivity contribution in [1.29, 1.82) is 0 Å². The van der Waals surface area contributed by atoms with Crippen molar-refractivity contribution in [1.82, 2.24) is 25.0 Å². The summed E-state index contributed by atoms with van der Waals surface area (Å²) in [6, 6.07) is 9.97. The lowest BCUT2D eigenvalue weighted by Gasteiger charge is -2.47. The molecule has 7 nitrogen and oxygen atoms in total. The first-order chi connectivity index (χ1) is 13.7. The molecular formula is C21H29N5O2. The van der Waals surface area contributed by atoms with Crippen LogP contribution < -0.4 is 0 Å². The third-order valence-electron chi connectivity index (χ3n) is 5.82.